The Morgan fingerprint density at radius 2 is 1.56 bits per heavy atom. The van der Waals surface area contributed by atoms with Crippen LogP contribution in [0.15, 0.2) is 12.2 Å². The molecule has 5 nitrogen and oxygen atoms in total. The van der Waals surface area contributed by atoms with Gasteiger partial charge in [-0.05, 0) is 135 Å². The van der Waals surface area contributed by atoms with E-state index in [2.05, 4.69) is 53.4 Å². The molecule has 3 N–H and O–H groups in total. The summed E-state index contributed by atoms with van der Waals surface area (Å²) in [6, 6.07) is 0. The number of aliphatic carboxylic acids is 1. The quantitative estimate of drug-likeness (QED) is 0.206. The Morgan fingerprint density at radius 1 is 0.829 bits per heavy atom. The molecule has 0 aromatic carbocycles. The Bertz CT molecular complexity index is 1050. The standard InChI is InChI=1S/C36H59NO4/c1-23(2)24-14-19-36(31(41)37-22-10-8-9-11-29(39)40)21-20-34(6)25(30(24)36)12-13-27-33(5)17-16-28(38)32(3,4)26(33)15-18-35(27,34)7/h24-28,30,38H,1,8-22H2,2-7H3,(H,37,41)(H,39,40)/t24-,25+,26-,27+,28-,30+,33-,34+,35+,36-/m0/s1. The third-order valence-corrected chi connectivity index (χ3v) is 14.9. The summed E-state index contributed by atoms with van der Waals surface area (Å²) in [5, 5.41) is 23.3. The molecule has 5 rings (SSSR count). The van der Waals surface area contributed by atoms with Crippen molar-refractivity contribution in [1.82, 2.24) is 5.32 Å². The van der Waals surface area contributed by atoms with E-state index in [1.165, 1.54) is 31.3 Å². The summed E-state index contributed by atoms with van der Waals surface area (Å²) < 4.78 is 0. The van der Waals surface area contributed by atoms with E-state index in [0.717, 1.165) is 51.4 Å². The fourth-order valence-corrected chi connectivity index (χ4v) is 12.5. The number of amides is 1. The lowest BCUT2D eigenvalue weighted by Gasteiger charge is -2.72. The third-order valence-electron chi connectivity index (χ3n) is 14.9. The average molecular weight is 570 g/mol. The van der Waals surface area contributed by atoms with Gasteiger partial charge in [0.2, 0.25) is 5.91 Å². The second-order valence-electron chi connectivity index (χ2n) is 16.7. The first kappa shape index (κ1) is 31.1. The molecular formula is C36H59NO4. The molecule has 0 aliphatic heterocycles. The van der Waals surface area contributed by atoms with E-state index in [1.807, 2.05) is 0 Å². The Labute approximate surface area is 249 Å². The van der Waals surface area contributed by atoms with Crippen LogP contribution in [0.4, 0.5) is 0 Å². The molecule has 5 aliphatic rings. The topological polar surface area (TPSA) is 86.6 Å². The monoisotopic (exact) mass is 569 g/mol. The highest BCUT2D eigenvalue weighted by Gasteiger charge is 2.71. The SMILES string of the molecule is C=C(C)[C@@H]1CC[C@]2(C(=O)NCCCCCC(=O)O)CC[C@]3(C)[C@H](CC[C@@H]4[C@@]5(C)CC[C@H](O)C(C)(C)[C@@H]5CC[C@]43C)[C@@H]12. The summed E-state index contributed by atoms with van der Waals surface area (Å²) in [6.45, 7) is 19.8. The molecule has 10 atom stereocenters. The van der Waals surface area contributed by atoms with E-state index in [4.69, 9.17) is 5.11 Å². The molecule has 5 fully saturated rings. The zero-order valence-electron chi connectivity index (χ0n) is 27.0. The smallest absolute Gasteiger partial charge is 0.303 e. The Hall–Kier alpha value is -1.36. The second kappa shape index (κ2) is 10.7. The molecule has 0 saturated heterocycles. The predicted octanol–water partition coefficient (Wildman–Crippen LogP) is 7.77. The van der Waals surface area contributed by atoms with Gasteiger partial charge in [-0.15, -0.1) is 0 Å². The number of aliphatic hydroxyl groups excluding tert-OH is 1. The molecule has 1 amide bonds. The van der Waals surface area contributed by atoms with Crippen LogP contribution in [-0.4, -0.2) is 34.7 Å². The van der Waals surface area contributed by atoms with Gasteiger partial charge in [0.1, 0.15) is 0 Å². The molecule has 5 heteroatoms. The van der Waals surface area contributed by atoms with Crippen molar-refractivity contribution < 1.29 is 19.8 Å². The number of allylic oxidation sites excluding steroid dienone is 1. The highest BCUT2D eigenvalue weighted by molar-refractivity contribution is 5.83. The molecule has 0 bridgehead atoms. The van der Waals surface area contributed by atoms with E-state index in [9.17, 15) is 14.7 Å². The van der Waals surface area contributed by atoms with Crippen molar-refractivity contribution in [3.63, 3.8) is 0 Å². The van der Waals surface area contributed by atoms with Gasteiger partial charge >= 0.3 is 5.97 Å². The number of rotatable bonds is 8. The maximum Gasteiger partial charge on any atom is 0.303 e. The number of carbonyl (C=O) groups excluding carboxylic acids is 1. The lowest BCUT2D eigenvalue weighted by molar-refractivity contribution is -0.246. The molecule has 5 aliphatic carbocycles. The highest BCUT2D eigenvalue weighted by Crippen LogP contribution is 2.77. The summed E-state index contributed by atoms with van der Waals surface area (Å²) in [5.74, 6) is 2.06. The number of nitrogens with one attached hydrogen (secondary N) is 1. The Morgan fingerprint density at radius 3 is 2.24 bits per heavy atom. The van der Waals surface area contributed by atoms with Gasteiger partial charge in [0.25, 0.3) is 0 Å². The lowest BCUT2D eigenvalue weighted by Crippen LogP contribution is -2.67. The predicted molar refractivity (Wildman–Crippen MR) is 164 cm³/mol. The number of carbonyl (C=O) groups is 2. The molecular weight excluding hydrogens is 510 g/mol. The number of hydrogen-bond acceptors (Lipinski definition) is 3. The summed E-state index contributed by atoms with van der Waals surface area (Å²) in [5.41, 5.74) is 1.64. The minimum Gasteiger partial charge on any atom is -0.481 e. The maximum absolute atomic E-state index is 14.1. The normalized spacial score (nSPS) is 46.4. The fraction of sp³-hybridized carbons (Fsp3) is 0.889. The van der Waals surface area contributed by atoms with Crippen LogP contribution < -0.4 is 5.32 Å². The number of hydrogen-bond donors (Lipinski definition) is 3. The van der Waals surface area contributed by atoms with Crippen molar-refractivity contribution in [2.75, 3.05) is 6.54 Å². The number of fused-ring (bicyclic) bond motifs is 7. The first-order chi connectivity index (χ1) is 19.1. The van der Waals surface area contributed by atoms with Crippen molar-refractivity contribution in [2.24, 2.45) is 56.7 Å². The molecule has 0 heterocycles. The number of carboxylic acids is 1. The van der Waals surface area contributed by atoms with E-state index < -0.39 is 5.97 Å². The van der Waals surface area contributed by atoms with Crippen LogP contribution in [-0.2, 0) is 9.59 Å². The van der Waals surface area contributed by atoms with Crippen LogP contribution in [0.5, 0.6) is 0 Å². The van der Waals surface area contributed by atoms with E-state index in [0.29, 0.717) is 42.6 Å². The molecule has 5 saturated carbocycles. The number of carboxylic acid groups (broad SMARTS) is 1. The zero-order chi connectivity index (χ0) is 30.0. The Kier molecular flexibility index (Phi) is 8.08. The fourth-order valence-electron chi connectivity index (χ4n) is 12.5. The largest absolute Gasteiger partial charge is 0.481 e. The van der Waals surface area contributed by atoms with Crippen molar-refractivity contribution in [2.45, 2.75) is 138 Å². The van der Waals surface area contributed by atoms with Gasteiger partial charge in [-0.3, -0.25) is 9.59 Å². The minimum absolute atomic E-state index is 0.0317. The van der Waals surface area contributed by atoms with Crippen LogP contribution in [0.3, 0.4) is 0 Å². The molecule has 0 spiro atoms. The molecule has 41 heavy (non-hydrogen) atoms. The summed E-state index contributed by atoms with van der Waals surface area (Å²) >= 11 is 0. The first-order valence-corrected chi connectivity index (χ1v) is 17.0. The molecule has 0 aromatic heterocycles. The van der Waals surface area contributed by atoms with Crippen LogP contribution in [0.25, 0.3) is 0 Å². The van der Waals surface area contributed by atoms with Gasteiger partial charge in [0.15, 0.2) is 0 Å². The van der Waals surface area contributed by atoms with Gasteiger partial charge in [0.05, 0.1) is 11.5 Å². The summed E-state index contributed by atoms with van der Waals surface area (Å²) in [4.78, 5) is 25.0. The van der Waals surface area contributed by atoms with E-state index in [-0.39, 0.29) is 45.5 Å². The van der Waals surface area contributed by atoms with Crippen LogP contribution in [0, 0.1) is 56.7 Å². The van der Waals surface area contributed by atoms with E-state index >= 15 is 0 Å². The molecule has 0 aromatic rings. The second-order valence-corrected chi connectivity index (χ2v) is 16.7. The van der Waals surface area contributed by atoms with Crippen molar-refractivity contribution in [1.29, 1.82) is 0 Å². The van der Waals surface area contributed by atoms with Gasteiger partial charge in [-0.1, -0.05) is 53.2 Å². The van der Waals surface area contributed by atoms with E-state index in [1.54, 1.807) is 0 Å². The molecule has 0 radical (unpaired) electrons. The van der Waals surface area contributed by atoms with Crippen LogP contribution in [0.1, 0.15) is 131 Å². The minimum atomic E-state index is -0.742. The lowest BCUT2D eigenvalue weighted by atomic mass is 9.32. The van der Waals surface area contributed by atoms with Crippen molar-refractivity contribution in [3.05, 3.63) is 12.2 Å². The maximum atomic E-state index is 14.1. The molecule has 0 unspecified atom stereocenters. The van der Waals surface area contributed by atoms with Gasteiger partial charge in [-0.2, -0.15) is 0 Å². The van der Waals surface area contributed by atoms with Crippen LogP contribution in [0.2, 0.25) is 0 Å². The van der Waals surface area contributed by atoms with Gasteiger partial charge in [-0.25, -0.2) is 0 Å². The van der Waals surface area contributed by atoms with Crippen molar-refractivity contribution >= 4 is 11.9 Å². The Balaban J connectivity index is 1.40. The third kappa shape index (κ3) is 4.56. The number of unbranched alkanes of at least 4 members (excludes halogenated alkanes) is 2. The highest BCUT2D eigenvalue weighted by atomic mass is 16.4. The van der Waals surface area contributed by atoms with Crippen molar-refractivity contribution in [3.8, 4) is 0 Å². The van der Waals surface area contributed by atoms with Gasteiger partial charge in [0, 0.05) is 13.0 Å². The van der Waals surface area contributed by atoms with Gasteiger partial charge < -0.3 is 15.5 Å². The summed E-state index contributed by atoms with van der Waals surface area (Å²) in [7, 11) is 0. The zero-order valence-corrected chi connectivity index (χ0v) is 27.0. The average Bonchev–Trinajstić information content (AvgIpc) is 3.30. The van der Waals surface area contributed by atoms with Crippen LogP contribution >= 0.6 is 0 Å². The number of aliphatic hydroxyl groups is 1. The summed E-state index contributed by atoms with van der Waals surface area (Å²) in [6.07, 6.45) is 13.5. The first-order valence-electron chi connectivity index (χ1n) is 17.0. The molecule has 232 valence electrons.